The van der Waals surface area contributed by atoms with E-state index in [1.165, 1.54) is 0 Å². The summed E-state index contributed by atoms with van der Waals surface area (Å²) in [4.78, 5) is 22.5. The van der Waals surface area contributed by atoms with E-state index in [2.05, 4.69) is 0 Å². The van der Waals surface area contributed by atoms with Crippen molar-refractivity contribution in [3.63, 3.8) is 0 Å². The van der Waals surface area contributed by atoms with Gasteiger partial charge in [0.15, 0.2) is 0 Å². The van der Waals surface area contributed by atoms with Crippen molar-refractivity contribution in [1.29, 1.82) is 0 Å². The van der Waals surface area contributed by atoms with Crippen LogP contribution in [0.1, 0.15) is 44.7 Å². The molecule has 0 radical (unpaired) electrons. The summed E-state index contributed by atoms with van der Waals surface area (Å²) in [6.45, 7) is 0. The molecular formula is C20H12F10O4. The SMILES string of the molecule is O=C(O)c1ccc(-c2ccc(C(=O)O)c(C(F)(F)CC(F)(F)F)c2)cc1C(F)(F)CC(F)(F)F. The Morgan fingerprint density at radius 3 is 1.12 bits per heavy atom. The highest BCUT2D eigenvalue weighted by Gasteiger charge is 2.48. The summed E-state index contributed by atoms with van der Waals surface area (Å²) in [6, 6.07) is 2.95. The molecule has 0 unspecified atom stereocenters. The summed E-state index contributed by atoms with van der Waals surface area (Å²) in [7, 11) is 0. The van der Waals surface area contributed by atoms with Gasteiger partial charge in [-0.05, 0) is 35.4 Å². The van der Waals surface area contributed by atoms with E-state index in [0.29, 0.717) is 12.1 Å². The van der Waals surface area contributed by atoms with Gasteiger partial charge in [0, 0.05) is 11.1 Å². The zero-order valence-electron chi connectivity index (χ0n) is 16.4. The fraction of sp³-hybridized carbons (Fsp3) is 0.300. The predicted octanol–water partition coefficient (Wildman–Crippen LogP) is 6.84. The van der Waals surface area contributed by atoms with Crippen LogP contribution in [0.2, 0.25) is 0 Å². The van der Waals surface area contributed by atoms with Crippen LogP contribution in [0.5, 0.6) is 0 Å². The third-order valence-corrected chi connectivity index (χ3v) is 4.47. The number of carbonyl (C=O) groups is 2. The maximum absolute atomic E-state index is 14.3. The summed E-state index contributed by atoms with van der Waals surface area (Å²) < 4.78 is 133. The van der Waals surface area contributed by atoms with Crippen LogP contribution in [-0.2, 0) is 11.8 Å². The first-order valence-corrected chi connectivity index (χ1v) is 8.89. The Labute approximate surface area is 183 Å². The van der Waals surface area contributed by atoms with Crippen molar-refractivity contribution in [2.45, 2.75) is 37.0 Å². The molecule has 0 amide bonds. The van der Waals surface area contributed by atoms with Crippen LogP contribution in [-0.4, -0.2) is 34.5 Å². The average molecular weight is 506 g/mol. The Bertz CT molecular complexity index is 1020. The molecule has 0 fully saturated rings. The van der Waals surface area contributed by atoms with E-state index in [1.54, 1.807) is 0 Å². The van der Waals surface area contributed by atoms with E-state index in [-0.39, 0.29) is 12.1 Å². The number of hydrogen-bond acceptors (Lipinski definition) is 2. The van der Waals surface area contributed by atoms with E-state index >= 15 is 0 Å². The molecule has 0 saturated heterocycles. The van der Waals surface area contributed by atoms with Crippen molar-refractivity contribution < 1.29 is 63.7 Å². The number of aromatic carboxylic acids is 2. The largest absolute Gasteiger partial charge is 0.478 e. The standard InChI is InChI=1S/C20H12F10O4/c21-17(22,7-19(25,26)27)13-5-9(1-3-11(13)15(31)32)10-2-4-12(16(33)34)14(6-10)18(23,24)8-20(28,29)30/h1-6H,7-8H2,(H,31,32)(H,33,34). The molecule has 0 spiro atoms. The first kappa shape index (κ1) is 26.9. The molecule has 2 aromatic rings. The lowest BCUT2D eigenvalue weighted by Gasteiger charge is -2.22. The predicted molar refractivity (Wildman–Crippen MR) is 94.9 cm³/mol. The van der Waals surface area contributed by atoms with Gasteiger partial charge in [-0.2, -0.15) is 26.3 Å². The number of carboxylic acid groups (broad SMARTS) is 2. The minimum atomic E-state index is -5.43. The van der Waals surface area contributed by atoms with Crippen molar-refractivity contribution in [3.05, 3.63) is 58.7 Å². The molecule has 2 rings (SSSR count). The molecule has 2 aromatic carbocycles. The van der Waals surface area contributed by atoms with Gasteiger partial charge in [0.25, 0.3) is 11.8 Å². The maximum atomic E-state index is 14.3. The molecular weight excluding hydrogens is 494 g/mol. The Kier molecular flexibility index (Phi) is 6.97. The number of rotatable bonds is 7. The Morgan fingerprint density at radius 2 is 0.882 bits per heavy atom. The lowest BCUT2D eigenvalue weighted by Crippen LogP contribution is -2.26. The molecule has 0 aromatic heterocycles. The van der Waals surface area contributed by atoms with Gasteiger partial charge in [0.05, 0.1) is 11.1 Å². The molecule has 0 bridgehead atoms. The van der Waals surface area contributed by atoms with Gasteiger partial charge in [0.1, 0.15) is 12.8 Å². The number of benzene rings is 2. The molecule has 0 aliphatic carbocycles. The highest BCUT2D eigenvalue weighted by Crippen LogP contribution is 2.44. The van der Waals surface area contributed by atoms with Crippen molar-refractivity contribution in [2.75, 3.05) is 0 Å². The highest BCUT2D eigenvalue weighted by atomic mass is 19.4. The van der Waals surface area contributed by atoms with Crippen LogP contribution in [0.3, 0.4) is 0 Å². The van der Waals surface area contributed by atoms with Gasteiger partial charge in [-0.3, -0.25) is 0 Å². The minimum absolute atomic E-state index is 0.261. The molecule has 0 heterocycles. The quantitative estimate of drug-likeness (QED) is 0.404. The molecule has 0 aliphatic rings. The summed E-state index contributed by atoms with van der Waals surface area (Å²) in [6.07, 6.45) is -16.4. The van der Waals surface area contributed by atoms with Gasteiger partial charge in [0.2, 0.25) is 0 Å². The van der Waals surface area contributed by atoms with Gasteiger partial charge in [-0.1, -0.05) is 12.1 Å². The van der Waals surface area contributed by atoms with Gasteiger partial charge >= 0.3 is 24.3 Å². The first-order chi connectivity index (χ1) is 15.2. The summed E-state index contributed by atoms with van der Waals surface area (Å²) in [5.74, 6) is -13.6. The number of alkyl halides is 10. The molecule has 0 atom stereocenters. The summed E-state index contributed by atoms with van der Waals surface area (Å²) in [5, 5.41) is 18.1. The Morgan fingerprint density at radius 1 is 0.588 bits per heavy atom. The van der Waals surface area contributed by atoms with Crippen LogP contribution in [0.15, 0.2) is 36.4 Å². The number of hydrogen-bond donors (Lipinski definition) is 2. The Hall–Kier alpha value is -3.32. The average Bonchev–Trinajstić information content (AvgIpc) is 2.63. The van der Waals surface area contributed by atoms with E-state index < -0.39 is 82.4 Å². The van der Waals surface area contributed by atoms with E-state index in [0.717, 1.165) is 12.1 Å². The first-order valence-electron chi connectivity index (χ1n) is 8.89. The van der Waals surface area contributed by atoms with Crippen LogP contribution < -0.4 is 0 Å². The van der Waals surface area contributed by atoms with Crippen molar-refractivity contribution in [2.24, 2.45) is 0 Å². The lowest BCUT2D eigenvalue weighted by molar-refractivity contribution is -0.192. The van der Waals surface area contributed by atoms with E-state index in [1.807, 2.05) is 0 Å². The van der Waals surface area contributed by atoms with Crippen LogP contribution in [0.25, 0.3) is 11.1 Å². The van der Waals surface area contributed by atoms with Crippen LogP contribution >= 0.6 is 0 Å². The van der Waals surface area contributed by atoms with Crippen molar-refractivity contribution >= 4 is 11.9 Å². The second kappa shape index (κ2) is 8.80. The third kappa shape index (κ3) is 6.38. The monoisotopic (exact) mass is 506 g/mol. The lowest BCUT2D eigenvalue weighted by atomic mass is 9.90. The molecule has 34 heavy (non-hydrogen) atoms. The van der Waals surface area contributed by atoms with E-state index in [4.69, 9.17) is 10.2 Å². The smallest absolute Gasteiger partial charge is 0.395 e. The second-order valence-corrected chi connectivity index (χ2v) is 7.12. The maximum Gasteiger partial charge on any atom is 0.395 e. The molecule has 186 valence electrons. The Balaban J connectivity index is 2.72. The molecule has 14 heteroatoms. The zero-order chi connectivity index (χ0) is 26.3. The number of carboxylic acids is 2. The second-order valence-electron chi connectivity index (χ2n) is 7.12. The fourth-order valence-corrected chi connectivity index (χ4v) is 3.12. The van der Waals surface area contributed by atoms with Crippen LogP contribution in [0, 0.1) is 0 Å². The fourth-order valence-electron chi connectivity index (χ4n) is 3.12. The topological polar surface area (TPSA) is 74.6 Å². The van der Waals surface area contributed by atoms with Crippen molar-refractivity contribution in [1.82, 2.24) is 0 Å². The zero-order valence-corrected chi connectivity index (χ0v) is 16.4. The van der Waals surface area contributed by atoms with Gasteiger partial charge in [-0.15, -0.1) is 0 Å². The molecule has 4 nitrogen and oxygen atoms in total. The van der Waals surface area contributed by atoms with Gasteiger partial charge < -0.3 is 10.2 Å². The summed E-state index contributed by atoms with van der Waals surface area (Å²) >= 11 is 0. The number of halogens is 10. The van der Waals surface area contributed by atoms with Crippen molar-refractivity contribution in [3.8, 4) is 11.1 Å². The minimum Gasteiger partial charge on any atom is -0.478 e. The van der Waals surface area contributed by atoms with Gasteiger partial charge in [-0.25, -0.2) is 27.2 Å². The van der Waals surface area contributed by atoms with Crippen LogP contribution in [0.4, 0.5) is 43.9 Å². The highest BCUT2D eigenvalue weighted by molar-refractivity contribution is 5.92. The normalized spacial score (nSPS) is 13.1. The van der Waals surface area contributed by atoms with E-state index in [9.17, 15) is 53.5 Å². The third-order valence-electron chi connectivity index (χ3n) is 4.47. The molecule has 0 saturated carbocycles. The molecule has 2 N–H and O–H groups in total. The summed E-state index contributed by atoms with van der Waals surface area (Å²) in [5.41, 5.74) is -6.85. The molecule has 0 aliphatic heterocycles.